The summed E-state index contributed by atoms with van der Waals surface area (Å²) in [4.78, 5) is 14.4. The van der Waals surface area contributed by atoms with Crippen LogP contribution in [0, 0.1) is 19.8 Å². The maximum atomic E-state index is 12.8. The average molecular weight is 316 g/mol. The van der Waals surface area contributed by atoms with Crippen LogP contribution in [0.5, 0.6) is 0 Å². The van der Waals surface area contributed by atoms with E-state index in [0.717, 1.165) is 30.0 Å². The largest absolute Gasteiger partial charge is 0.391 e. The standard InChI is InChI=1S/C17H24N4O2/c1-11-5-6-12(2)21(11)16-14(9-18-20(16)4)17(23)19(3)10-15(22)13-7-8-13/h5-6,9,13,15,22H,7-8,10H2,1-4H3. The Balaban J connectivity index is 1.90. The topological polar surface area (TPSA) is 63.3 Å². The summed E-state index contributed by atoms with van der Waals surface area (Å²) in [7, 11) is 3.57. The van der Waals surface area contributed by atoms with Crippen molar-refractivity contribution >= 4 is 5.91 Å². The van der Waals surface area contributed by atoms with Crippen molar-refractivity contribution < 1.29 is 9.90 Å². The molecular weight excluding hydrogens is 292 g/mol. The van der Waals surface area contributed by atoms with Crippen LogP contribution in [0.3, 0.4) is 0 Å². The Kier molecular flexibility index (Phi) is 4.02. The number of aliphatic hydroxyl groups is 1. The number of hydrogen-bond acceptors (Lipinski definition) is 3. The lowest BCUT2D eigenvalue weighted by atomic mass is 10.2. The van der Waals surface area contributed by atoms with E-state index in [9.17, 15) is 9.90 Å². The Morgan fingerprint density at radius 3 is 2.57 bits per heavy atom. The van der Waals surface area contributed by atoms with Gasteiger partial charge in [-0.15, -0.1) is 0 Å². The SMILES string of the molecule is Cc1ccc(C)n1-c1c(C(=O)N(C)CC(O)C2CC2)cnn1C. The number of hydrogen-bond donors (Lipinski definition) is 1. The molecule has 1 aliphatic rings. The van der Waals surface area contributed by atoms with Crippen LogP contribution in [0.1, 0.15) is 34.6 Å². The highest BCUT2D eigenvalue weighted by molar-refractivity contribution is 5.97. The maximum Gasteiger partial charge on any atom is 0.259 e. The van der Waals surface area contributed by atoms with Crippen LogP contribution >= 0.6 is 0 Å². The number of rotatable bonds is 5. The average Bonchev–Trinajstić information content (AvgIpc) is 3.23. The molecule has 6 nitrogen and oxygen atoms in total. The van der Waals surface area contributed by atoms with E-state index in [1.165, 1.54) is 0 Å². The number of carbonyl (C=O) groups is 1. The summed E-state index contributed by atoms with van der Waals surface area (Å²) in [5.41, 5.74) is 2.67. The summed E-state index contributed by atoms with van der Waals surface area (Å²) in [6, 6.07) is 4.05. The van der Waals surface area contributed by atoms with Gasteiger partial charge in [0.1, 0.15) is 11.4 Å². The molecule has 0 radical (unpaired) electrons. The molecule has 1 saturated carbocycles. The highest BCUT2D eigenvalue weighted by atomic mass is 16.3. The molecule has 1 fully saturated rings. The lowest BCUT2D eigenvalue weighted by molar-refractivity contribution is 0.0645. The van der Waals surface area contributed by atoms with Crippen LogP contribution in [-0.2, 0) is 7.05 Å². The van der Waals surface area contributed by atoms with Crippen molar-refractivity contribution in [3.63, 3.8) is 0 Å². The quantitative estimate of drug-likeness (QED) is 0.912. The van der Waals surface area contributed by atoms with E-state index >= 15 is 0 Å². The number of aromatic nitrogens is 3. The van der Waals surface area contributed by atoms with E-state index in [0.29, 0.717) is 18.0 Å². The van der Waals surface area contributed by atoms with E-state index in [1.807, 2.05) is 37.6 Å². The van der Waals surface area contributed by atoms with Crippen molar-refractivity contribution in [1.29, 1.82) is 0 Å². The minimum Gasteiger partial charge on any atom is -0.391 e. The fourth-order valence-corrected chi connectivity index (χ4v) is 3.05. The summed E-state index contributed by atoms with van der Waals surface area (Å²) in [6.07, 6.45) is 3.29. The fraction of sp³-hybridized carbons (Fsp3) is 0.529. The molecule has 0 saturated heterocycles. The van der Waals surface area contributed by atoms with Crippen molar-refractivity contribution in [3.8, 4) is 5.82 Å². The molecule has 2 aromatic heterocycles. The molecule has 2 aromatic rings. The third-order valence-electron chi connectivity index (χ3n) is 4.59. The van der Waals surface area contributed by atoms with Gasteiger partial charge in [0, 0.05) is 32.0 Å². The normalized spacial score (nSPS) is 15.7. The van der Waals surface area contributed by atoms with Gasteiger partial charge in [-0.1, -0.05) is 0 Å². The van der Waals surface area contributed by atoms with E-state index in [1.54, 1.807) is 22.8 Å². The van der Waals surface area contributed by atoms with E-state index in [-0.39, 0.29) is 5.91 Å². The Morgan fingerprint density at radius 2 is 2.00 bits per heavy atom. The third-order valence-corrected chi connectivity index (χ3v) is 4.59. The zero-order valence-electron chi connectivity index (χ0n) is 14.2. The van der Waals surface area contributed by atoms with Gasteiger partial charge in [0.2, 0.25) is 0 Å². The molecule has 1 unspecified atom stereocenters. The first-order chi connectivity index (χ1) is 10.9. The molecule has 23 heavy (non-hydrogen) atoms. The zero-order chi connectivity index (χ0) is 16.7. The van der Waals surface area contributed by atoms with Gasteiger partial charge in [0.15, 0.2) is 0 Å². The van der Waals surface area contributed by atoms with Crippen LogP contribution in [-0.4, -0.2) is 50.0 Å². The van der Waals surface area contributed by atoms with Gasteiger partial charge in [0.25, 0.3) is 5.91 Å². The second-order valence-corrected chi connectivity index (χ2v) is 6.55. The lowest BCUT2D eigenvalue weighted by Crippen LogP contribution is -2.35. The number of amides is 1. The van der Waals surface area contributed by atoms with Gasteiger partial charge in [-0.3, -0.25) is 9.48 Å². The third kappa shape index (κ3) is 2.91. The van der Waals surface area contributed by atoms with Gasteiger partial charge >= 0.3 is 0 Å². The van der Waals surface area contributed by atoms with Crippen LogP contribution in [0.15, 0.2) is 18.3 Å². The molecule has 1 aliphatic carbocycles. The Labute approximate surface area is 136 Å². The number of aryl methyl sites for hydroxylation is 3. The second-order valence-electron chi connectivity index (χ2n) is 6.55. The Hall–Kier alpha value is -2.08. The molecular formula is C17H24N4O2. The van der Waals surface area contributed by atoms with Crippen LogP contribution in [0.25, 0.3) is 5.82 Å². The molecule has 0 spiro atoms. The summed E-state index contributed by atoms with van der Waals surface area (Å²) in [5, 5.41) is 14.4. The molecule has 0 aromatic carbocycles. The van der Waals surface area contributed by atoms with Crippen molar-refractivity contribution in [2.45, 2.75) is 32.8 Å². The predicted octanol–water partition coefficient (Wildman–Crippen LogP) is 1.67. The minimum atomic E-state index is -0.431. The van der Waals surface area contributed by atoms with E-state index in [2.05, 4.69) is 5.10 Å². The van der Waals surface area contributed by atoms with Gasteiger partial charge in [0.05, 0.1) is 12.3 Å². The number of nitrogens with zero attached hydrogens (tertiary/aromatic N) is 4. The highest BCUT2D eigenvalue weighted by Crippen LogP contribution is 2.33. The molecule has 0 bridgehead atoms. The van der Waals surface area contributed by atoms with Gasteiger partial charge in [-0.05, 0) is 44.7 Å². The number of aliphatic hydroxyl groups excluding tert-OH is 1. The van der Waals surface area contributed by atoms with Crippen molar-refractivity contribution in [1.82, 2.24) is 19.2 Å². The highest BCUT2D eigenvalue weighted by Gasteiger charge is 2.32. The summed E-state index contributed by atoms with van der Waals surface area (Å²) < 4.78 is 3.75. The van der Waals surface area contributed by atoms with Crippen molar-refractivity contribution in [3.05, 3.63) is 35.3 Å². The molecule has 3 rings (SSSR count). The lowest BCUT2D eigenvalue weighted by Gasteiger charge is -2.21. The zero-order valence-corrected chi connectivity index (χ0v) is 14.2. The second kappa shape index (κ2) is 5.85. The fourth-order valence-electron chi connectivity index (χ4n) is 3.05. The molecule has 1 N–H and O–H groups in total. The van der Waals surface area contributed by atoms with Gasteiger partial charge in [-0.2, -0.15) is 5.10 Å². The Bertz CT molecular complexity index is 708. The molecule has 124 valence electrons. The van der Waals surface area contributed by atoms with Gasteiger partial charge < -0.3 is 14.6 Å². The van der Waals surface area contributed by atoms with Crippen molar-refractivity contribution in [2.24, 2.45) is 13.0 Å². The monoisotopic (exact) mass is 316 g/mol. The first-order valence-electron chi connectivity index (χ1n) is 8.01. The van der Waals surface area contributed by atoms with Crippen LogP contribution in [0.4, 0.5) is 0 Å². The van der Waals surface area contributed by atoms with E-state index < -0.39 is 6.10 Å². The molecule has 1 atom stereocenters. The summed E-state index contributed by atoms with van der Waals surface area (Å²) in [6.45, 7) is 4.38. The summed E-state index contributed by atoms with van der Waals surface area (Å²) in [5.74, 6) is 1.01. The number of likely N-dealkylation sites (N-methyl/N-ethyl adjacent to an activating group) is 1. The smallest absolute Gasteiger partial charge is 0.259 e. The minimum absolute atomic E-state index is 0.111. The first-order valence-corrected chi connectivity index (χ1v) is 8.01. The molecule has 6 heteroatoms. The molecule has 0 aliphatic heterocycles. The van der Waals surface area contributed by atoms with Crippen LogP contribution in [0.2, 0.25) is 0 Å². The maximum absolute atomic E-state index is 12.8. The Morgan fingerprint density at radius 1 is 1.39 bits per heavy atom. The van der Waals surface area contributed by atoms with E-state index in [4.69, 9.17) is 0 Å². The first kappa shape index (κ1) is 15.8. The molecule has 1 amide bonds. The van der Waals surface area contributed by atoms with Crippen LogP contribution < -0.4 is 0 Å². The predicted molar refractivity (Wildman–Crippen MR) is 87.7 cm³/mol. The van der Waals surface area contributed by atoms with Crippen molar-refractivity contribution in [2.75, 3.05) is 13.6 Å². The van der Waals surface area contributed by atoms with Gasteiger partial charge in [-0.25, -0.2) is 0 Å². The molecule has 2 heterocycles. The summed E-state index contributed by atoms with van der Waals surface area (Å²) >= 11 is 0. The number of carbonyl (C=O) groups excluding carboxylic acids is 1.